The molecule has 0 aromatic carbocycles. The first-order valence-corrected chi connectivity index (χ1v) is 7.91. The molecule has 0 saturated carbocycles. The first-order chi connectivity index (χ1) is 9.69. The normalized spacial score (nSPS) is 10.6. The molecule has 0 radical (unpaired) electrons. The Morgan fingerprint density at radius 2 is 1.95 bits per heavy atom. The van der Waals surface area contributed by atoms with Crippen molar-refractivity contribution in [2.24, 2.45) is 0 Å². The summed E-state index contributed by atoms with van der Waals surface area (Å²) in [6.45, 7) is 3.82. The van der Waals surface area contributed by atoms with E-state index in [-0.39, 0.29) is 0 Å². The van der Waals surface area contributed by atoms with Gasteiger partial charge < -0.3 is 10.1 Å². The second kappa shape index (κ2) is 7.71. The SMILES string of the molecule is CCCNCc1cc(Br)cnc1Oc1cncc(Br)c1. The standard InChI is InChI=1S/C14H15Br2N3O/c1-2-3-17-6-10-4-11(15)8-19-14(10)20-13-5-12(16)7-18-9-13/h4-5,7-9,17H,2-3,6H2,1H3. The third kappa shape index (κ3) is 4.54. The Morgan fingerprint density at radius 3 is 2.70 bits per heavy atom. The number of nitrogens with one attached hydrogen (secondary N) is 1. The van der Waals surface area contributed by atoms with Gasteiger partial charge in [-0.25, -0.2) is 4.98 Å². The Labute approximate surface area is 135 Å². The van der Waals surface area contributed by atoms with Crippen molar-refractivity contribution in [1.29, 1.82) is 0 Å². The van der Waals surface area contributed by atoms with Crippen molar-refractivity contribution in [3.05, 3.63) is 45.2 Å². The molecule has 0 bridgehead atoms. The molecule has 0 aliphatic rings. The van der Waals surface area contributed by atoms with Gasteiger partial charge in [0.25, 0.3) is 0 Å². The molecule has 0 aliphatic carbocycles. The molecule has 0 fully saturated rings. The van der Waals surface area contributed by atoms with Gasteiger partial charge in [0.2, 0.25) is 5.88 Å². The van der Waals surface area contributed by atoms with Gasteiger partial charge in [-0.3, -0.25) is 4.98 Å². The summed E-state index contributed by atoms with van der Waals surface area (Å²) in [4.78, 5) is 8.41. The molecule has 0 amide bonds. The Kier molecular flexibility index (Phi) is 5.94. The molecule has 106 valence electrons. The van der Waals surface area contributed by atoms with Gasteiger partial charge in [0.15, 0.2) is 0 Å². The maximum absolute atomic E-state index is 5.81. The third-order valence-electron chi connectivity index (χ3n) is 2.53. The average Bonchev–Trinajstić information content (AvgIpc) is 2.42. The van der Waals surface area contributed by atoms with Crippen molar-refractivity contribution in [2.45, 2.75) is 19.9 Å². The predicted molar refractivity (Wildman–Crippen MR) is 85.9 cm³/mol. The van der Waals surface area contributed by atoms with E-state index in [0.717, 1.165) is 34.0 Å². The molecule has 1 N–H and O–H groups in total. The number of aromatic nitrogens is 2. The van der Waals surface area contributed by atoms with E-state index in [2.05, 4.69) is 54.1 Å². The molecule has 0 spiro atoms. The van der Waals surface area contributed by atoms with Crippen molar-refractivity contribution < 1.29 is 4.74 Å². The summed E-state index contributed by atoms with van der Waals surface area (Å²) in [6.07, 6.45) is 6.20. The summed E-state index contributed by atoms with van der Waals surface area (Å²) < 4.78 is 7.62. The van der Waals surface area contributed by atoms with Crippen LogP contribution in [0.5, 0.6) is 11.6 Å². The highest BCUT2D eigenvalue weighted by molar-refractivity contribution is 9.10. The molecule has 0 atom stereocenters. The van der Waals surface area contributed by atoms with Crippen molar-refractivity contribution in [1.82, 2.24) is 15.3 Å². The minimum atomic E-state index is 0.594. The first kappa shape index (κ1) is 15.4. The third-order valence-corrected chi connectivity index (χ3v) is 3.40. The van der Waals surface area contributed by atoms with Crippen molar-refractivity contribution >= 4 is 31.9 Å². The van der Waals surface area contributed by atoms with E-state index in [0.29, 0.717) is 11.6 Å². The van der Waals surface area contributed by atoms with Gasteiger partial charge in [-0.2, -0.15) is 0 Å². The van der Waals surface area contributed by atoms with Gasteiger partial charge >= 0.3 is 0 Å². The van der Waals surface area contributed by atoms with Crippen LogP contribution in [-0.4, -0.2) is 16.5 Å². The molecular formula is C14H15Br2N3O. The number of nitrogens with zero attached hydrogens (tertiary/aromatic N) is 2. The number of halogens is 2. The number of hydrogen-bond acceptors (Lipinski definition) is 4. The smallest absolute Gasteiger partial charge is 0.223 e. The van der Waals surface area contributed by atoms with E-state index < -0.39 is 0 Å². The lowest BCUT2D eigenvalue weighted by molar-refractivity contribution is 0.450. The molecular weight excluding hydrogens is 386 g/mol. The molecule has 2 aromatic heterocycles. The fourth-order valence-corrected chi connectivity index (χ4v) is 2.37. The van der Waals surface area contributed by atoms with Crippen LogP contribution in [0, 0.1) is 0 Å². The van der Waals surface area contributed by atoms with Gasteiger partial charge in [0.05, 0.1) is 6.20 Å². The maximum atomic E-state index is 5.81. The molecule has 0 aliphatic heterocycles. The molecule has 2 rings (SSSR count). The van der Waals surface area contributed by atoms with E-state index in [4.69, 9.17) is 4.74 Å². The zero-order valence-corrected chi connectivity index (χ0v) is 14.2. The maximum Gasteiger partial charge on any atom is 0.223 e. The van der Waals surface area contributed by atoms with Crippen LogP contribution in [0.15, 0.2) is 39.7 Å². The molecule has 0 unspecified atom stereocenters. The van der Waals surface area contributed by atoms with Crippen molar-refractivity contribution in [2.75, 3.05) is 6.54 Å². The highest BCUT2D eigenvalue weighted by Crippen LogP contribution is 2.26. The monoisotopic (exact) mass is 399 g/mol. The first-order valence-electron chi connectivity index (χ1n) is 6.32. The second-order valence-corrected chi connectivity index (χ2v) is 6.07. The summed E-state index contributed by atoms with van der Waals surface area (Å²) in [6, 6.07) is 3.87. The van der Waals surface area contributed by atoms with Crippen LogP contribution in [0.3, 0.4) is 0 Å². The molecule has 6 heteroatoms. The fraction of sp³-hybridized carbons (Fsp3) is 0.286. The number of rotatable bonds is 6. The van der Waals surface area contributed by atoms with E-state index in [1.54, 1.807) is 18.6 Å². The summed E-state index contributed by atoms with van der Waals surface area (Å²) in [5, 5.41) is 3.35. The average molecular weight is 401 g/mol. The lowest BCUT2D eigenvalue weighted by Crippen LogP contribution is -2.14. The minimum absolute atomic E-state index is 0.594. The van der Waals surface area contributed by atoms with Crippen LogP contribution in [-0.2, 0) is 6.54 Å². The van der Waals surface area contributed by atoms with Crippen LogP contribution < -0.4 is 10.1 Å². The molecule has 20 heavy (non-hydrogen) atoms. The Bertz CT molecular complexity index is 578. The zero-order chi connectivity index (χ0) is 14.4. The lowest BCUT2D eigenvalue weighted by atomic mass is 10.2. The summed E-state index contributed by atoms with van der Waals surface area (Å²) in [5.74, 6) is 1.25. The lowest BCUT2D eigenvalue weighted by Gasteiger charge is -2.11. The van der Waals surface area contributed by atoms with E-state index in [1.807, 2.05) is 12.1 Å². The van der Waals surface area contributed by atoms with Crippen LogP contribution >= 0.6 is 31.9 Å². The summed E-state index contributed by atoms with van der Waals surface area (Å²) >= 11 is 6.81. The Balaban J connectivity index is 2.17. The highest BCUT2D eigenvalue weighted by atomic mass is 79.9. The zero-order valence-electron chi connectivity index (χ0n) is 11.1. The fourth-order valence-electron chi connectivity index (χ4n) is 1.65. The Hall–Kier alpha value is -0.980. The summed E-state index contributed by atoms with van der Waals surface area (Å²) in [5.41, 5.74) is 1.01. The predicted octanol–water partition coefficient (Wildman–Crippen LogP) is 4.29. The van der Waals surface area contributed by atoms with Gasteiger partial charge in [0.1, 0.15) is 5.75 Å². The quantitative estimate of drug-likeness (QED) is 0.734. The van der Waals surface area contributed by atoms with E-state index in [1.165, 1.54) is 0 Å². The highest BCUT2D eigenvalue weighted by Gasteiger charge is 2.08. The second-order valence-electron chi connectivity index (χ2n) is 4.24. The van der Waals surface area contributed by atoms with Crippen molar-refractivity contribution in [3.63, 3.8) is 0 Å². The van der Waals surface area contributed by atoms with Gasteiger partial charge in [-0.1, -0.05) is 6.92 Å². The van der Waals surface area contributed by atoms with Crippen LogP contribution in [0.2, 0.25) is 0 Å². The van der Waals surface area contributed by atoms with E-state index in [9.17, 15) is 0 Å². The Morgan fingerprint density at radius 1 is 1.15 bits per heavy atom. The number of hydrogen-bond donors (Lipinski definition) is 1. The van der Waals surface area contributed by atoms with Crippen molar-refractivity contribution in [3.8, 4) is 11.6 Å². The van der Waals surface area contributed by atoms with Crippen LogP contribution in [0.4, 0.5) is 0 Å². The van der Waals surface area contributed by atoms with Gasteiger partial charge in [0, 0.05) is 33.4 Å². The molecule has 2 aromatic rings. The molecule has 4 nitrogen and oxygen atoms in total. The van der Waals surface area contributed by atoms with Crippen LogP contribution in [0.25, 0.3) is 0 Å². The van der Waals surface area contributed by atoms with Gasteiger partial charge in [-0.15, -0.1) is 0 Å². The largest absolute Gasteiger partial charge is 0.437 e. The topological polar surface area (TPSA) is 47.0 Å². The summed E-state index contributed by atoms with van der Waals surface area (Å²) in [7, 11) is 0. The van der Waals surface area contributed by atoms with E-state index >= 15 is 0 Å². The number of pyridine rings is 2. The minimum Gasteiger partial charge on any atom is -0.437 e. The molecule has 2 heterocycles. The number of ether oxygens (including phenoxy) is 1. The van der Waals surface area contributed by atoms with Crippen LogP contribution in [0.1, 0.15) is 18.9 Å². The van der Waals surface area contributed by atoms with Gasteiger partial charge in [-0.05, 0) is 57.0 Å². The molecule has 0 saturated heterocycles.